The van der Waals surface area contributed by atoms with Gasteiger partial charge in [0.1, 0.15) is 6.54 Å². The van der Waals surface area contributed by atoms with Gasteiger partial charge in [-0.05, 0) is 48.6 Å². The average molecular weight is 371 g/mol. The van der Waals surface area contributed by atoms with Gasteiger partial charge in [-0.3, -0.25) is 9.48 Å². The Hall–Kier alpha value is -2.54. The number of likely N-dealkylation sites (tertiary alicyclic amines) is 1. The van der Waals surface area contributed by atoms with E-state index in [9.17, 15) is 4.79 Å². The maximum Gasteiger partial charge on any atom is 0.244 e. The molecule has 0 atom stereocenters. The quantitative estimate of drug-likeness (QED) is 0.822. The summed E-state index contributed by atoms with van der Waals surface area (Å²) in [5.74, 6) is 1.57. The Morgan fingerprint density at radius 2 is 1.96 bits per heavy atom. The first-order valence-electron chi connectivity index (χ1n) is 9.30. The largest absolute Gasteiger partial charge is 0.493 e. The van der Waals surface area contributed by atoms with Crippen LogP contribution < -0.4 is 9.47 Å². The molecule has 27 heavy (non-hydrogen) atoms. The first kappa shape index (κ1) is 17.9. The first-order valence-corrected chi connectivity index (χ1v) is 9.30. The van der Waals surface area contributed by atoms with Crippen LogP contribution in [-0.2, 0) is 28.1 Å². The number of carbonyl (C=O) groups is 1. The molecule has 144 valence electrons. The van der Waals surface area contributed by atoms with Gasteiger partial charge in [0.2, 0.25) is 5.91 Å². The Morgan fingerprint density at radius 3 is 2.63 bits per heavy atom. The molecule has 0 saturated carbocycles. The Kier molecular flexibility index (Phi) is 4.78. The number of benzene rings is 1. The number of nitrogens with zero attached hydrogens (tertiary/aromatic N) is 3. The van der Waals surface area contributed by atoms with E-state index in [1.807, 2.05) is 17.2 Å². The summed E-state index contributed by atoms with van der Waals surface area (Å²) in [6.07, 6.45) is 5.91. The first-order chi connectivity index (χ1) is 13.1. The van der Waals surface area contributed by atoms with Crippen LogP contribution >= 0.6 is 0 Å². The molecule has 0 N–H and O–H groups in total. The summed E-state index contributed by atoms with van der Waals surface area (Å²) < 4.78 is 18.9. The van der Waals surface area contributed by atoms with Crippen molar-refractivity contribution < 1.29 is 19.0 Å². The lowest BCUT2D eigenvalue weighted by molar-refractivity contribution is -0.141. The number of rotatable bonds is 4. The Balaban J connectivity index is 1.52. The molecule has 3 heterocycles. The zero-order valence-corrected chi connectivity index (χ0v) is 15.8. The second-order valence-electron chi connectivity index (χ2n) is 7.04. The van der Waals surface area contributed by atoms with Gasteiger partial charge in [0, 0.05) is 25.5 Å². The molecule has 1 aromatic carbocycles. The van der Waals surface area contributed by atoms with Crippen LogP contribution in [-0.4, -0.2) is 54.5 Å². The van der Waals surface area contributed by atoms with Crippen molar-refractivity contribution in [3.63, 3.8) is 0 Å². The SMILES string of the molecule is COc1cc2c(cc1OC)C1(CCN(C(=O)Cn3cccn3)CC1)OCC2. The molecule has 1 amide bonds. The van der Waals surface area contributed by atoms with E-state index in [0.717, 1.165) is 30.8 Å². The maximum atomic E-state index is 12.6. The van der Waals surface area contributed by atoms with Gasteiger partial charge in [-0.25, -0.2) is 0 Å². The predicted molar refractivity (Wildman–Crippen MR) is 98.9 cm³/mol. The van der Waals surface area contributed by atoms with Gasteiger partial charge < -0.3 is 19.1 Å². The molecule has 1 fully saturated rings. The number of ether oxygens (including phenoxy) is 3. The number of fused-ring (bicyclic) bond motifs is 2. The van der Waals surface area contributed by atoms with Crippen LogP contribution in [0.4, 0.5) is 0 Å². The van der Waals surface area contributed by atoms with E-state index in [4.69, 9.17) is 14.2 Å². The fourth-order valence-electron chi connectivity index (χ4n) is 4.15. The lowest BCUT2D eigenvalue weighted by atomic mass is 9.79. The summed E-state index contributed by atoms with van der Waals surface area (Å²) in [5, 5.41) is 4.12. The van der Waals surface area contributed by atoms with Crippen molar-refractivity contribution in [3.8, 4) is 11.5 Å². The fraction of sp³-hybridized carbons (Fsp3) is 0.500. The van der Waals surface area contributed by atoms with Crippen LogP contribution in [0, 0.1) is 0 Å². The van der Waals surface area contributed by atoms with Crippen molar-refractivity contribution >= 4 is 5.91 Å². The molecule has 1 aromatic heterocycles. The van der Waals surface area contributed by atoms with Gasteiger partial charge in [-0.2, -0.15) is 5.10 Å². The molecule has 2 aromatic rings. The van der Waals surface area contributed by atoms with E-state index in [-0.39, 0.29) is 18.1 Å². The fourth-order valence-corrected chi connectivity index (χ4v) is 4.15. The standard InChI is InChI=1S/C20H25N3O4/c1-25-17-12-15-4-11-27-20(16(15)13-18(17)26-2)5-9-22(10-6-20)19(24)14-23-8-3-7-21-23/h3,7-8,12-13H,4-6,9-11,14H2,1-2H3. The molecule has 0 aliphatic carbocycles. The number of methoxy groups -OCH3 is 2. The third kappa shape index (κ3) is 3.27. The second kappa shape index (κ2) is 7.23. The summed E-state index contributed by atoms with van der Waals surface area (Å²) >= 11 is 0. The lowest BCUT2D eigenvalue weighted by Crippen LogP contribution is -2.49. The maximum absolute atomic E-state index is 12.6. The topological polar surface area (TPSA) is 65.8 Å². The zero-order valence-electron chi connectivity index (χ0n) is 15.8. The highest BCUT2D eigenvalue weighted by atomic mass is 16.5. The minimum Gasteiger partial charge on any atom is -0.493 e. The summed E-state index contributed by atoms with van der Waals surface area (Å²) in [4.78, 5) is 14.5. The normalized spacial score (nSPS) is 18.2. The molecule has 0 radical (unpaired) electrons. The van der Waals surface area contributed by atoms with Gasteiger partial charge in [0.05, 0.1) is 26.4 Å². The molecule has 0 bridgehead atoms. The van der Waals surface area contributed by atoms with E-state index in [1.54, 1.807) is 25.1 Å². The molecule has 1 spiro atoms. The molecule has 2 aliphatic heterocycles. The lowest BCUT2D eigenvalue weighted by Gasteiger charge is -2.45. The number of piperidine rings is 1. The molecule has 2 aliphatic rings. The highest BCUT2D eigenvalue weighted by Crippen LogP contribution is 2.45. The Labute approximate surface area is 158 Å². The van der Waals surface area contributed by atoms with Crippen LogP contribution in [0.15, 0.2) is 30.6 Å². The van der Waals surface area contributed by atoms with E-state index in [0.29, 0.717) is 19.7 Å². The zero-order chi connectivity index (χ0) is 18.9. The van der Waals surface area contributed by atoms with Gasteiger partial charge in [-0.1, -0.05) is 0 Å². The molecule has 0 unspecified atom stereocenters. The Morgan fingerprint density at radius 1 is 1.22 bits per heavy atom. The number of hydrogen-bond acceptors (Lipinski definition) is 5. The molecular formula is C20H25N3O4. The molecular weight excluding hydrogens is 346 g/mol. The van der Waals surface area contributed by atoms with Crippen LogP contribution in [0.25, 0.3) is 0 Å². The van der Waals surface area contributed by atoms with Crippen molar-refractivity contribution in [3.05, 3.63) is 41.7 Å². The van der Waals surface area contributed by atoms with Crippen molar-refractivity contribution in [1.29, 1.82) is 0 Å². The Bertz CT molecular complexity index is 811. The second-order valence-corrected chi connectivity index (χ2v) is 7.04. The van der Waals surface area contributed by atoms with Crippen LogP contribution in [0.5, 0.6) is 11.5 Å². The van der Waals surface area contributed by atoms with Crippen molar-refractivity contribution in [1.82, 2.24) is 14.7 Å². The van der Waals surface area contributed by atoms with Crippen LogP contribution in [0.2, 0.25) is 0 Å². The highest BCUT2D eigenvalue weighted by Gasteiger charge is 2.42. The van der Waals surface area contributed by atoms with Gasteiger partial charge >= 0.3 is 0 Å². The third-order valence-corrected chi connectivity index (χ3v) is 5.63. The summed E-state index contributed by atoms with van der Waals surface area (Å²) in [5.41, 5.74) is 2.07. The monoisotopic (exact) mass is 371 g/mol. The van der Waals surface area contributed by atoms with Gasteiger partial charge in [-0.15, -0.1) is 0 Å². The van der Waals surface area contributed by atoms with Gasteiger partial charge in [0.25, 0.3) is 0 Å². The van der Waals surface area contributed by atoms with E-state index < -0.39 is 0 Å². The highest BCUT2D eigenvalue weighted by molar-refractivity contribution is 5.76. The minimum atomic E-state index is -0.352. The average Bonchev–Trinajstić information content (AvgIpc) is 3.21. The number of aromatic nitrogens is 2. The van der Waals surface area contributed by atoms with Crippen molar-refractivity contribution in [2.24, 2.45) is 0 Å². The van der Waals surface area contributed by atoms with Crippen molar-refractivity contribution in [2.45, 2.75) is 31.4 Å². The summed E-state index contributed by atoms with van der Waals surface area (Å²) in [6, 6.07) is 5.94. The van der Waals surface area contributed by atoms with E-state index in [1.165, 1.54) is 11.1 Å². The molecule has 7 nitrogen and oxygen atoms in total. The molecule has 7 heteroatoms. The predicted octanol–water partition coefficient (Wildman–Crippen LogP) is 1.99. The summed E-state index contributed by atoms with van der Waals surface area (Å²) in [6.45, 7) is 2.31. The van der Waals surface area contributed by atoms with E-state index >= 15 is 0 Å². The molecule has 1 saturated heterocycles. The number of carbonyl (C=O) groups excluding carboxylic acids is 1. The molecule has 4 rings (SSSR count). The third-order valence-electron chi connectivity index (χ3n) is 5.63. The smallest absolute Gasteiger partial charge is 0.244 e. The van der Waals surface area contributed by atoms with E-state index in [2.05, 4.69) is 17.2 Å². The number of amides is 1. The van der Waals surface area contributed by atoms with Gasteiger partial charge in [0.15, 0.2) is 11.5 Å². The summed E-state index contributed by atoms with van der Waals surface area (Å²) in [7, 11) is 3.31. The van der Waals surface area contributed by atoms with Crippen LogP contribution in [0.1, 0.15) is 24.0 Å². The minimum absolute atomic E-state index is 0.0943. The van der Waals surface area contributed by atoms with Crippen LogP contribution in [0.3, 0.4) is 0 Å². The number of hydrogen-bond donors (Lipinski definition) is 0. The van der Waals surface area contributed by atoms with Crippen molar-refractivity contribution in [2.75, 3.05) is 33.9 Å².